The predicted octanol–water partition coefficient (Wildman–Crippen LogP) is 6.74. The van der Waals surface area contributed by atoms with E-state index in [1.165, 1.54) is 44.9 Å². The molecule has 0 aromatic rings. The summed E-state index contributed by atoms with van der Waals surface area (Å²) in [4.78, 5) is 23.3. The molecule has 1 atom stereocenters. The molecule has 0 aliphatic rings. The second kappa shape index (κ2) is 19.7. The van der Waals surface area contributed by atoms with Crippen molar-refractivity contribution in [1.82, 2.24) is 0 Å². The van der Waals surface area contributed by atoms with Gasteiger partial charge in [0.1, 0.15) is 0 Å². The molecule has 0 saturated carbocycles. The van der Waals surface area contributed by atoms with E-state index < -0.39 is 0 Å². The quantitative estimate of drug-likeness (QED) is 0.183. The van der Waals surface area contributed by atoms with E-state index in [1.54, 1.807) is 0 Å². The average Bonchev–Trinajstić information content (AvgIpc) is 2.63. The summed E-state index contributed by atoms with van der Waals surface area (Å²) in [5.41, 5.74) is 0. The van der Waals surface area contributed by atoms with E-state index >= 15 is 0 Å². The second-order valence-electron chi connectivity index (χ2n) is 7.70. The molecule has 0 spiro atoms. The molecule has 0 bridgehead atoms. The molecule has 0 N–H and O–H groups in total. The molecule has 0 aromatic heterocycles. The SMILES string of the molecule is CCCCCCCCCCCOC(=O)CCCCCC(=O)OC(C)CCC. The molecule has 0 amide bonds. The van der Waals surface area contributed by atoms with E-state index in [9.17, 15) is 9.59 Å². The molecule has 0 saturated heterocycles. The molecule has 0 aliphatic heterocycles. The Balaban J connectivity index is 3.34. The minimum atomic E-state index is -0.121. The maximum absolute atomic E-state index is 11.7. The van der Waals surface area contributed by atoms with Crippen LogP contribution in [0.25, 0.3) is 0 Å². The van der Waals surface area contributed by atoms with Crippen molar-refractivity contribution in [3.05, 3.63) is 0 Å². The zero-order valence-corrected chi connectivity index (χ0v) is 18.2. The molecule has 4 heteroatoms. The summed E-state index contributed by atoms with van der Waals surface area (Å²) < 4.78 is 10.6. The average molecular weight is 385 g/mol. The van der Waals surface area contributed by atoms with Gasteiger partial charge in [0.2, 0.25) is 0 Å². The van der Waals surface area contributed by atoms with Gasteiger partial charge in [-0.25, -0.2) is 0 Å². The summed E-state index contributed by atoms with van der Waals surface area (Å²) in [6.07, 6.45) is 16.7. The van der Waals surface area contributed by atoms with Crippen molar-refractivity contribution in [1.29, 1.82) is 0 Å². The largest absolute Gasteiger partial charge is 0.466 e. The van der Waals surface area contributed by atoms with Crippen LogP contribution in [0.4, 0.5) is 0 Å². The predicted molar refractivity (Wildman–Crippen MR) is 112 cm³/mol. The summed E-state index contributed by atoms with van der Waals surface area (Å²) in [7, 11) is 0. The summed E-state index contributed by atoms with van der Waals surface area (Å²) in [6, 6.07) is 0. The lowest BCUT2D eigenvalue weighted by atomic mass is 10.1. The fraction of sp³-hybridized carbons (Fsp3) is 0.913. The van der Waals surface area contributed by atoms with E-state index in [-0.39, 0.29) is 18.0 Å². The first-order valence-electron chi connectivity index (χ1n) is 11.4. The molecule has 0 radical (unpaired) electrons. The molecule has 0 fully saturated rings. The van der Waals surface area contributed by atoms with Crippen molar-refractivity contribution in [3.8, 4) is 0 Å². The molecule has 0 aliphatic carbocycles. The number of carbonyl (C=O) groups is 2. The van der Waals surface area contributed by atoms with Crippen LogP contribution < -0.4 is 0 Å². The molecule has 4 nitrogen and oxygen atoms in total. The highest BCUT2D eigenvalue weighted by molar-refractivity contribution is 5.70. The molecule has 0 rings (SSSR count). The number of carbonyl (C=O) groups excluding carboxylic acids is 2. The molecule has 160 valence electrons. The van der Waals surface area contributed by atoms with Crippen LogP contribution in [0, 0.1) is 0 Å². The van der Waals surface area contributed by atoms with Gasteiger partial charge in [-0.15, -0.1) is 0 Å². The van der Waals surface area contributed by atoms with E-state index in [2.05, 4.69) is 13.8 Å². The first-order valence-corrected chi connectivity index (χ1v) is 11.4. The zero-order chi connectivity index (χ0) is 20.2. The number of ether oxygens (including phenoxy) is 2. The number of rotatable bonds is 19. The Labute approximate surface area is 167 Å². The van der Waals surface area contributed by atoms with Crippen molar-refractivity contribution >= 4 is 11.9 Å². The second-order valence-corrected chi connectivity index (χ2v) is 7.70. The van der Waals surface area contributed by atoms with Crippen LogP contribution in [0.5, 0.6) is 0 Å². The maximum Gasteiger partial charge on any atom is 0.306 e. The Morgan fingerprint density at radius 2 is 1.19 bits per heavy atom. The standard InChI is InChI=1S/C23H44O4/c1-4-6-7-8-9-10-11-12-16-20-26-22(24)18-14-13-15-19-23(25)27-21(3)17-5-2/h21H,4-20H2,1-3H3. The number of unbranched alkanes of at least 4 members (excludes halogenated alkanes) is 10. The van der Waals surface area contributed by atoms with Gasteiger partial charge in [-0.05, 0) is 32.6 Å². The molecule has 0 aromatic carbocycles. The van der Waals surface area contributed by atoms with Crippen molar-refractivity contribution in [2.45, 2.75) is 130 Å². The van der Waals surface area contributed by atoms with E-state index in [4.69, 9.17) is 9.47 Å². The first-order chi connectivity index (χ1) is 13.1. The molecule has 1 unspecified atom stereocenters. The van der Waals surface area contributed by atoms with Crippen molar-refractivity contribution in [2.24, 2.45) is 0 Å². The van der Waals surface area contributed by atoms with Gasteiger partial charge in [0.15, 0.2) is 0 Å². The van der Waals surface area contributed by atoms with Gasteiger partial charge >= 0.3 is 11.9 Å². The summed E-state index contributed by atoms with van der Waals surface area (Å²) in [5, 5.41) is 0. The molecular formula is C23H44O4. The monoisotopic (exact) mass is 384 g/mol. The number of esters is 2. The van der Waals surface area contributed by atoms with E-state index in [1.807, 2.05) is 6.92 Å². The summed E-state index contributed by atoms with van der Waals surface area (Å²) in [6.45, 7) is 6.81. The number of hydrogen-bond acceptors (Lipinski definition) is 4. The van der Waals surface area contributed by atoms with Gasteiger partial charge in [-0.1, -0.05) is 78.1 Å². The van der Waals surface area contributed by atoms with Gasteiger partial charge in [-0.2, -0.15) is 0 Å². The van der Waals surface area contributed by atoms with Crippen LogP contribution in [0.3, 0.4) is 0 Å². The third kappa shape index (κ3) is 19.5. The van der Waals surface area contributed by atoms with Crippen LogP contribution in [-0.4, -0.2) is 24.6 Å². The fourth-order valence-corrected chi connectivity index (χ4v) is 3.14. The third-order valence-corrected chi connectivity index (χ3v) is 4.80. The maximum atomic E-state index is 11.7. The highest BCUT2D eigenvalue weighted by Crippen LogP contribution is 2.10. The Hall–Kier alpha value is -1.06. The van der Waals surface area contributed by atoms with Gasteiger partial charge < -0.3 is 9.47 Å². The van der Waals surface area contributed by atoms with Crippen molar-refractivity contribution in [3.63, 3.8) is 0 Å². The first kappa shape index (κ1) is 25.9. The lowest BCUT2D eigenvalue weighted by Gasteiger charge is -2.11. The Kier molecular flexibility index (Phi) is 18.9. The molecular weight excluding hydrogens is 340 g/mol. The fourth-order valence-electron chi connectivity index (χ4n) is 3.14. The lowest BCUT2D eigenvalue weighted by molar-refractivity contribution is -0.148. The van der Waals surface area contributed by atoms with Crippen molar-refractivity contribution in [2.75, 3.05) is 6.61 Å². The van der Waals surface area contributed by atoms with Crippen LogP contribution >= 0.6 is 0 Å². The highest BCUT2D eigenvalue weighted by atomic mass is 16.5. The highest BCUT2D eigenvalue weighted by Gasteiger charge is 2.09. The Morgan fingerprint density at radius 3 is 1.78 bits per heavy atom. The van der Waals surface area contributed by atoms with E-state index in [0.29, 0.717) is 19.4 Å². The van der Waals surface area contributed by atoms with E-state index in [0.717, 1.165) is 44.9 Å². The van der Waals surface area contributed by atoms with Crippen LogP contribution in [0.2, 0.25) is 0 Å². The smallest absolute Gasteiger partial charge is 0.306 e. The Bertz CT molecular complexity index is 354. The topological polar surface area (TPSA) is 52.6 Å². The third-order valence-electron chi connectivity index (χ3n) is 4.80. The lowest BCUT2D eigenvalue weighted by Crippen LogP contribution is -2.14. The summed E-state index contributed by atoms with van der Waals surface area (Å²) >= 11 is 0. The minimum Gasteiger partial charge on any atom is -0.466 e. The van der Waals surface area contributed by atoms with Gasteiger partial charge in [0, 0.05) is 12.8 Å². The number of hydrogen-bond donors (Lipinski definition) is 0. The van der Waals surface area contributed by atoms with Crippen LogP contribution in [0.1, 0.15) is 124 Å². The zero-order valence-electron chi connectivity index (χ0n) is 18.2. The van der Waals surface area contributed by atoms with Crippen LogP contribution in [-0.2, 0) is 19.1 Å². The summed E-state index contributed by atoms with van der Waals surface area (Å²) in [5.74, 6) is -0.224. The van der Waals surface area contributed by atoms with Gasteiger partial charge in [-0.3, -0.25) is 9.59 Å². The van der Waals surface area contributed by atoms with Crippen LogP contribution in [0.15, 0.2) is 0 Å². The molecule has 0 heterocycles. The minimum absolute atomic E-state index is 0.0125. The van der Waals surface area contributed by atoms with Crippen molar-refractivity contribution < 1.29 is 19.1 Å². The van der Waals surface area contributed by atoms with Gasteiger partial charge in [0.05, 0.1) is 12.7 Å². The van der Waals surface area contributed by atoms with Gasteiger partial charge in [0.25, 0.3) is 0 Å². The molecule has 27 heavy (non-hydrogen) atoms. The normalized spacial score (nSPS) is 12.0. The Morgan fingerprint density at radius 1 is 0.667 bits per heavy atom.